The zero-order chi connectivity index (χ0) is 46.2. The van der Waals surface area contributed by atoms with E-state index in [4.69, 9.17) is 18.5 Å². The number of rotatable bonds is 49. The van der Waals surface area contributed by atoms with E-state index in [-0.39, 0.29) is 12.8 Å². The molecular weight excluding hydrogens is 816 g/mol. The third kappa shape index (κ3) is 46.5. The summed E-state index contributed by atoms with van der Waals surface area (Å²) in [4.78, 5) is 34.7. The zero-order valence-corrected chi connectivity index (χ0v) is 41.4. The Balaban J connectivity index is 3.82. The molecule has 0 amide bonds. The number of phosphoric acid groups is 1. The fourth-order valence-corrected chi connectivity index (χ4v) is 8.10. The summed E-state index contributed by atoms with van der Waals surface area (Å²) in [5.74, 6) is -1.02. The zero-order valence-electron chi connectivity index (χ0n) is 40.5. The first-order chi connectivity index (χ1) is 30.8. The van der Waals surface area contributed by atoms with E-state index in [0.29, 0.717) is 12.8 Å². The number of allylic oxidation sites excluding steroid dienone is 6. The van der Waals surface area contributed by atoms with Crippen molar-refractivity contribution in [2.75, 3.05) is 26.4 Å². The highest BCUT2D eigenvalue weighted by atomic mass is 31.2. The van der Waals surface area contributed by atoms with Crippen LogP contribution in [0.4, 0.5) is 0 Å². The number of carbonyl (C=O) groups excluding carboxylic acids is 2. The predicted molar refractivity (Wildman–Crippen MR) is 261 cm³/mol. The number of hydrogen-bond acceptors (Lipinski definition) is 9. The Morgan fingerprint density at radius 3 is 1.03 bits per heavy atom. The number of aliphatic hydroxyl groups excluding tert-OH is 2. The number of unbranched alkanes of at least 4 members (excludes halogenated alkanes) is 29. The van der Waals surface area contributed by atoms with Crippen molar-refractivity contribution in [3.63, 3.8) is 0 Å². The van der Waals surface area contributed by atoms with Crippen LogP contribution in [0.2, 0.25) is 0 Å². The molecule has 0 aromatic carbocycles. The van der Waals surface area contributed by atoms with Crippen molar-refractivity contribution in [3.05, 3.63) is 36.5 Å². The lowest BCUT2D eigenvalue weighted by Crippen LogP contribution is -2.28. The Kier molecular flexibility index (Phi) is 46.7. The Hall–Kier alpha value is -1.81. The second-order valence-electron chi connectivity index (χ2n) is 17.5. The number of phosphoric ester groups is 1. The molecule has 0 aromatic rings. The first kappa shape index (κ1) is 61.2. The summed E-state index contributed by atoms with van der Waals surface area (Å²) in [5, 5.41) is 19.3. The molecule has 63 heavy (non-hydrogen) atoms. The van der Waals surface area contributed by atoms with Gasteiger partial charge in [-0.05, 0) is 70.6 Å². The lowest BCUT2D eigenvalue weighted by atomic mass is 10.0. The van der Waals surface area contributed by atoms with Crippen LogP contribution >= 0.6 is 7.82 Å². The molecule has 0 rings (SSSR count). The second kappa shape index (κ2) is 48.1. The van der Waals surface area contributed by atoms with Gasteiger partial charge in [0.2, 0.25) is 0 Å². The number of aliphatic hydroxyl groups is 2. The van der Waals surface area contributed by atoms with Crippen molar-refractivity contribution in [2.45, 2.75) is 257 Å². The number of hydrogen-bond donors (Lipinski definition) is 3. The topological polar surface area (TPSA) is 149 Å². The van der Waals surface area contributed by atoms with Crippen molar-refractivity contribution in [1.29, 1.82) is 0 Å². The number of esters is 2. The maximum absolute atomic E-state index is 12.4. The van der Waals surface area contributed by atoms with Gasteiger partial charge in [0.15, 0.2) is 0 Å². The van der Waals surface area contributed by atoms with Crippen LogP contribution in [0.3, 0.4) is 0 Å². The van der Waals surface area contributed by atoms with Crippen LogP contribution in [-0.2, 0) is 32.7 Å². The van der Waals surface area contributed by atoms with Crippen molar-refractivity contribution in [1.82, 2.24) is 0 Å². The van der Waals surface area contributed by atoms with Gasteiger partial charge in [0.1, 0.15) is 12.2 Å². The fourth-order valence-electron chi connectivity index (χ4n) is 7.32. The molecule has 3 atom stereocenters. The van der Waals surface area contributed by atoms with Gasteiger partial charge in [0, 0.05) is 12.8 Å². The lowest BCUT2D eigenvalue weighted by Gasteiger charge is -2.20. The van der Waals surface area contributed by atoms with E-state index < -0.39 is 58.4 Å². The Bertz CT molecular complexity index is 1140. The number of carbonyl (C=O) groups is 2. The van der Waals surface area contributed by atoms with E-state index in [1.54, 1.807) is 0 Å². The first-order valence-electron chi connectivity index (χ1n) is 25.9. The minimum atomic E-state index is -4.64. The highest BCUT2D eigenvalue weighted by Crippen LogP contribution is 2.43. The average molecular weight is 913 g/mol. The van der Waals surface area contributed by atoms with E-state index in [1.807, 2.05) is 0 Å². The van der Waals surface area contributed by atoms with Crippen molar-refractivity contribution >= 4 is 19.8 Å². The second-order valence-corrected chi connectivity index (χ2v) is 19.0. The van der Waals surface area contributed by atoms with E-state index in [0.717, 1.165) is 51.4 Å². The van der Waals surface area contributed by atoms with Gasteiger partial charge >= 0.3 is 19.8 Å². The molecule has 370 valence electrons. The van der Waals surface area contributed by atoms with Gasteiger partial charge in [-0.3, -0.25) is 18.6 Å². The molecule has 0 radical (unpaired) electrons. The smallest absolute Gasteiger partial charge is 0.457 e. The molecular formula is C52H97O10P. The van der Waals surface area contributed by atoms with Crippen LogP contribution in [0.1, 0.15) is 245 Å². The molecule has 0 saturated carbocycles. The van der Waals surface area contributed by atoms with Crippen LogP contribution in [-0.4, -0.2) is 65.7 Å². The third-order valence-corrected chi connectivity index (χ3v) is 12.3. The van der Waals surface area contributed by atoms with E-state index in [2.05, 4.69) is 50.3 Å². The van der Waals surface area contributed by atoms with Gasteiger partial charge in [-0.15, -0.1) is 0 Å². The van der Waals surface area contributed by atoms with Crippen LogP contribution in [0, 0.1) is 0 Å². The molecule has 0 fully saturated rings. The summed E-state index contributed by atoms with van der Waals surface area (Å²) in [6, 6.07) is 0. The van der Waals surface area contributed by atoms with Gasteiger partial charge in [-0.25, -0.2) is 4.57 Å². The van der Waals surface area contributed by atoms with E-state index in [9.17, 15) is 29.3 Å². The monoisotopic (exact) mass is 913 g/mol. The Labute approximate surface area is 386 Å². The summed E-state index contributed by atoms with van der Waals surface area (Å²) < 4.78 is 32.7. The van der Waals surface area contributed by atoms with Gasteiger partial charge in [0.25, 0.3) is 0 Å². The molecule has 3 N–H and O–H groups in total. The molecule has 0 spiro atoms. The Morgan fingerprint density at radius 1 is 0.429 bits per heavy atom. The standard InChI is InChI=1S/C52H97O10P/c1-3-5-7-9-11-13-15-17-19-21-22-23-24-25-26-28-30-32-34-36-38-40-42-44-52(56)62-50(46-54)48-60-63(57,58)59-47-49(45-53)61-51(55)43-41-39-37-35-33-31-29-27-20-18-16-14-12-10-8-6-4-2/h12,14,18,20-22,49-50,53-54H,3-11,13,15-17,19,23-48H2,1-2H3,(H,57,58)/b14-12-,20-18-,22-21-. The SMILES string of the molecule is CCCCC/C=C\C/C=C\CCCCCCCCCC(=O)OC(CO)COP(=O)(O)OCC(CO)OC(=O)CCCCCCCCCCCCC/C=C\CCCCCCCCCC. The number of ether oxygens (including phenoxy) is 2. The van der Waals surface area contributed by atoms with E-state index >= 15 is 0 Å². The van der Waals surface area contributed by atoms with Gasteiger partial charge in [-0.1, -0.05) is 198 Å². The molecule has 0 aliphatic carbocycles. The highest BCUT2D eigenvalue weighted by Gasteiger charge is 2.27. The van der Waals surface area contributed by atoms with Crippen LogP contribution < -0.4 is 0 Å². The normalized spacial score (nSPS) is 13.9. The van der Waals surface area contributed by atoms with Crippen LogP contribution in [0.15, 0.2) is 36.5 Å². The minimum Gasteiger partial charge on any atom is -0.457 e. The molecule has 11 heteroatoms. The summed E-state index contributed by atoms with van der Waals surface area (Å²) in [7, 11) is -4.64. The molecule has 0 bridgehead atoms. The summed E-state index contributed by atoms with van der Waals surface area (Å²) >= 11 is 0. The molecule has 0 heterocycles. The average Bonchev–Trinajstić information content (AvgIpc) is 3.27. The molecule has 0 aliphatic rings. The highest BCUT2D eigenvalue weighted by molar-refractivity contribution is 7.47. The molecule has 10 nitrogen and oxygen atoms in total. The van der Waals surface area contributed by atoms with Gasteiger partial charge in [-0.2, -0.15) is 0 Å². The van der Waals surface area contributed by atoms with Crippen LogP contribution in [0.5, 0.6) is 0 Å². The van der Waals surface area contributed by atoms with Gasteiger partial charge < -0.3 is 24.6 Å². The summed E-state index contributed by atoms with van der Waals surface area (Å²) in [6.07, 6.45) is 52.6. The van der Waals surface area contributed by atoms with E-state index in [1.165, 1.54) is 154 Å². The quantitative estimate of drug-likeness (QED) is 0.0233. The van der Waals surface area contributed by atoms with Crippen molar-refractivity contribution in [3.8, 4) is 0 Å². The van der Waals surface area contributed by atoms with Crippen molar-refractivity contribution < 1.29 is 47.8 Å². The summed E-state index contributed by atoms with van der Waals surface area (Å²) in [6.45, 7) is 2.21. The van der Waals surface area contributed by atoms with Crippen molar-refractivity contribution in [2.24, 2.45) is 0 Å². The van der Waals surface area contributed by atoms with Gasteiger partial charge in [0.05, 0.1) is 26.4 Å². The molecule has 0 aromatic heterocycles. The maximum atomic E-state index is 12.4. The third-order valence-electron chi connectivity index (χ3n) is 11.3. The van der Waals surface area contributed by atoms with Crippen LogP contribution in [0.25, 0.3) is 0 Å². The molecule has 0 saturated heterocycles. The lowest BCUT2D eigenvalue weighted by molar-refractivity contribution is -0.153. The summed E-state index contributed by atoms with van der Waals surface area (Å²) in [5.41, 5.74) is 0. The predicted octanol–water partition coefficient (Wildman–Crippen LogP) is 14.7. The Morgan fingerprint density at radius 2 is 0.698 bits per heavy atom. The maximum Gasteiger partial charge on any atom is 0.472 e. The molecule has 3 unspecified atom stereocenters. The largest absolute Gasteiger partial charge is 0.472 e. The fraction of sp³-hybridized carbons (Fsp3) is 0.846. The molecule has 0 aliphatic heterocycles. The first-order valence-corrected chi connectivity index (χ1v) is 27.4. The minimum absolute atomic E-state index is 0.184.